The van der Waals surface area contributed by atoms with Crippen molar-refractivity contribution < 1.29 is 9.53 Å². The number of methoxy groups -OCH3 is 1. The third-order valence-electron chi connectivity index (χ3n) is 1.86. The molecule has 1 rings (SSSR count). The standard InChI is InChI=1S/C8H14O2S2/c1-10-8(9)4-2-3-7-5-6-11-12-7/h7H,2-6H2,1H3. The minimum Gasteiger partial charge on any atom is -0.469 e. The molecule has 1 fully saturated rings. The van der Waals surface area contributed by atoms with Gasteiger partial charge in [0.15, 0.2) is 0 Å². The molecule has 1 unspecified atom stereocenters. The topological polar surface area (TPSA) is 26.3 Å². The summed E-state index contributed by atoms with van der Waals surface area (Å²) in [4.78, 5) is 10.8. The van der Waals surface area contributed by atoms with E-state index in [1.165, 1.54) is 19.3 Å². The van der Waals surface area contributed by atoms with E-state index in [9.17, 15) is 4.79 Å². The molecule has 12 heavy (non-hydrogen) atoms. The lowest BCUT2D eigenvalue weighted by molar-refractivity contribution is -0.140. The fraction of sp³-hybridized carbons (Fsp3) is 0.875. The van der Waals surface area contributed by atoms with Gasteiger partial charge in [0, 0.05) is 17.4 Å². The van der Waals surface area contributed by atoms with Crippen molar-refractivity contribution in [2.24, 2.45) is 0 Å². The third kappa shape index (κ3) is 3.72. The van der Waals surface area contributed by atoms with E-state index in [1.54, 1.807) is 0 Å². The van der Waals surface area contributed by atoms with Gasteiger partial charge in [0.2, 0.25) is 0 Å². The molecule has 1 heterocycles. The summed E-state index contributed by atoms with van der Waals surface area (Å²) in [5, 5.41) is 0.777. The highest BCUT2D eigenvalue weighted by Crippen LogP contribution is 2.39. The second-order valence-electron chi connectivity index (χ2n) is 2.80. The Hall–Kier alpha value is 0.170. The number of esters is 1. The van der Waals surface area contributed by atoms with Crippen LogP contribution in [0.3, 0.4) is 0 Å². The van der Waals surface area contributed by atoms with Crippen molar-refractivity contribution >= 4 is 27.6 Å². The largest absolute Gasteiger partial charge is 0.469 e. The van der Waals surface area contributed by atoms with Crippen LogP contribution in [0.15, 0.2) is 0 Å². The van der Waals surface area contributed by atoms with Gasteiger partial charge >= 0.3 is 5.97 Å². The molecule has 1 aliphatic heterocycles. The zero-order valence-electron chi connectivity index (χ0n) is 7.25. The first kappa shape index (κ1) is 10.3. The van der Waals surface area contributed by atoms with Crippen LogP contribution in [-0.2, 0) is 9.53 Å². The highest BCUT2D eigenvalue weighted by atomic mass is 33.1. The monoisotopic (exact) mass is 206 g/mol. The molecular weight excluding hydrogens is 192 g/mol. The number of carbonyl (C=O) groups excluding carboxylic acids is 1. The van der Waals surface area contributed by atoms with Gasteiger partial charge in [-0.05, 0) is 19.3 Å². The van der Waals surface area contributed by atoms with Gasteiger partial charge in [0.25, 0.3) is 0 Å². The smallest absolute Gasteiger partial charge is 0.305 e. The van der Waals surface area contributed by atoms with Crippen LogP contribution in [0.5, 0.6) is 0 Å². The molecule has 0 amide bonds. The van der Waals surface area contributed by atoms with Crippen molar-refractivity contribution in [1.29, 1.82) is 0 Å². The summed E-state index contributed by atoms with van der Waals surface area (Å²) in [6, 6.07) is 0. The quantitative estimate of drug-likeness (QED) is 0.521. The van der Waals surface area contributed by atoms with Crippen molar-refractivity contribution in [2.75, 3.05) is 12.9 Å². The van der Waals surface area contributed by atoms with Crippen LogP contribution >= 0.6 is 21.6 Å². The molecule has 0 bridgehead atoms. The van der Waals surface area contributed by atoms with Gasteiger partial charge in [0.1, 0.15) is 0 Å². The summed E-state index contributed by atoms with van der Waals surface area (Å²) in [7, 11) is 5.36. The third-order valence-corrected chi connectivity index (χ3v) is 4.87. The normalized spacial score (nSPS) is 22.6. The highest BCUT2D eigenvalue weighted by molar-refractivity contribution is 8.77. The van der Waals surface area contributed by atoms with E-state index in [0.29, 0.717) is 6.42 Å². The Morgan fingerprint density at radius 1 is 1.67 bits per heavy atom. The molecule has 0 aromatic heterocycles. The number of hydrogen-bond acceptors (Lipinski definition) is 4. The fourth-order valence-corrected chi connectivity index (χ4v) is 4.17. The SMILES string of the molecule is COC(=O)CCCC1CCSS1. The molecule has 0 spiro atoms. The van der Waals surface area contributed by atoms with E-state index in [4.69, 9.17) is 0 Å². The zero-order chi connectivity index (χ0) is 8.81. The van der Waals surface area contributed by atoms with Crippen LogP contribution in [-0.4, -0.2) is 24.1 Å². The van der Waals surface area contributed by atoms with E-state index in [2.05, 4.69) is 4.74 Å². The summed E-state index contributed by atoms with van der Waals surface area (Å²) in [6.07, 6.45) is 4.02. The van der Waals surface area contributed by atoms with Crippen molar-refractivity contribution in [3.63, 3.8) is 0 Å². The first-order chi connectivity index (χ1) is 5.83. The molecule has 0 aromatic rings. The fourth-order valence-electron chi connectivity index (χ4n) is 1.14. The second-order valence-corrected chi connectivity index (χ2v) is 5.58. The van der Waals surface area contributed by atoms with Crippen LogP contribution < -0.4 is 0 Å². The number of hydrogen-bond donors (Lipinski definition) is 0. The van der Waals surface area contributed by atoms with Gasteiger partial charge in [-0.25, -0.2) is 0 Å². The van der Waals surface area contributed by atoms with Gasteiger partial charge in [-0.2, -0.15) is 0 Å². The second kappa shape index (κ2) is 5.75. The molecular formula is C8H14O2S2. The van der Waals surface area contributed by atoms with Gasteiger partial charge in [-0.3, -0.25) is 4.79 Å². The molecule has 0 N–H and O–H groups in total. The lowest BCUT2D eigenvalue weighted by Gasteiger charge is -2.05. The lowest BCUT2D eigenvalue weighted by Crippen LogP contribution is -2.03. The minimum atomic E-state index is -0.0781. The molecule has 4 heteroatoms. The van der Waals surface area contributed by atoms with E-state index in [0.717, 1.165) is 18.1 Å². The Morgan fingerprint density at radius 2 is 2.50 bits per heavy atom. The number of ether oxygens (including phenoxy) is 1. The Balaban J connectivity index is 1.97. The zero-order valence-corrected chi connectivity index (χ0v) is 8.88. The molecule has 1 aliphatic rings. The van der Waals surface area contributed by atoms with Gasteiger partial charge in [0.05, 0.1) is 7.11 Å². The maximum Gasteiger partial charge on any atom is 0.305 e. The summed E-state index contributed by atoms with van der Waals surface area (Å²) in [5.41, 5.74) is 0. The van der Waals surface area contributed by atoms with Crippen LogP contribution in [0, 0.1) is 0 Å². The van der Waals surface area contributed by atoms with E-state index in [1.807, 2.05) is 21.6 Å². The Morgan fingerprint density at radius 3 is 3.08 bits per heavy atom. The first-order valence-electron chi connectivity index (χ1n) is 4.18. The van der Waals surface area contributed by atoms with Crippen molar-refractivity contribution in [3.05, 3.63) is 0 Å². The Kier molecular flexibility index (Phi) is 4.92. The van der Waals surface area contributed by atoms with Crippen LogP contribution in [0.25, 0.3) is 0 Å². The molecule has 0 aliphatic carbocycles. The predicted octanol–water partition coefficient (Wildman–Crippen LogP) is 2.48. The highest BCUT2D eigenvalue weighted by Gasteiger charge is 2.16. The Bertz CT molecular complexity index is 144. The van der Waals surface area contributed by atoms with Crippen LogP contribution in [0.1, 0.15) is 25.7 Å². The van der Waals surface area contributed by atoms with Crippen molar-refractivity contribution in [1.82, 2.24) is 0 Å². The average Bonchev–Trinajstić information content (AvgIpc) is 2.57. The molecule has 1 atom stereocenters. The Labute approximate surface area is 81.2 Å². The van der Waals surface area contributed by atoms with Crippen LogP contribution in [0.4, 0.5) is 0 Å². The summed E-state index contributed by atoms with van der Waals surface area (Å²) < 4.78 is 4.56. The number of carbonyl (C=O) groups is 1. The van der Waals surface area contributed by atoms with Gasteiger partial charge < -0.3 is 4.74 Å². The van der Waals surface area contributed by atoms with Gasteiger partial charge in [-0.1, -0.05) is 21.6 Å². The first-order valence-corrected chi connectivity index (χ1v) is 6.56. The van der Waals surface area contributed by atoms with Crippen LogP contribution in [0.2, 0.25) is 0 Å². The van der Waals surface area contributed by atoms with E-state index in [-0.39, 0.29) is 5.97 Å². The van der Waals surface area contributed by atoms with E-state index >= 15 is 0 Å². The molecule has 1 saturated heterocycles. The van der Waals surface area contributed by atoms with Gasteiger partial charge in [-0.15, -0.1) is 0 Å². The maximum absolute atomic E-state index is 10.8. The number of rotatable bonds is 4. The predicted molar refractivity (Wildman–Crippen MR) is 54.3 cm³/mol. The van der Waals surface area contributed by atoms with Crippen molar-refractivity contribution in [2.45, 2.75) is 30.9 Å². The lowest BCUT2D eigenvalue weighted by atomic mass is 10.1. The average molecular weight is 206 g/mol. The molecule has 0 radical (unpaired) electrons. The summed E-state index contributed by atoms with van der Waals surface area (Å²) in [5.74, 6) is 1.19. The molecule has 2 nitrogen and oxygen atoms in total. The molecule has 0 aromatic carbocycles. The van der Waals surface area contributed by atoms with E-state index < -0.39 is 0 Å². The molecule has 0 saturated carbocycles. The minimum absolute atomic E-state index is 0.0781. The summed E-state index contributed by atoms with van der Waals surface area (Å²) in [6.45, 7) is 0. The molecule has 70 valence electrons. The summed E-state index contributed by atoms with van der Waals surface area (Å²) >= 11 is 0. The maximum atomic E-state index is 10.8. The van der Waals surface area contributed by atoms with Crippen molar-refractivity contribution in [3.8, 4) is 0 Å².